The van der Waals surface area contributed by atoms with Crippen LogP contribution in [-0.2, 0) is 11.2 Å². The van der Waals surface area contributed by atoms with Crippen LogP contribution in [0.15, 0.2) is 24.3 Å². The number of nitrogens with zero attached hydrogens (tertiary/aromatic N) is 1. The number of primary amides is 1. The minimum atomic E-state index is -0.614. The number of hydrogen-bond acceptors (Lipinski definition) is 3. The number of nitrogens with one attached hydrogen (secondary N) is 2. The van der Waals surface area contributed by atoms with Gasteiger partial charge in [0.15, 0.2) is 0 Å². The number of amides is 3. The van der Waals surface area contributed by atoms with Gasteiger partial charge in [0.2, 0.25) is 5.91 Å². The van der Waals surface area contributed by atoms with Crippen molar-refractivity contribution in [3.63, 3.8) is 0 Å². The molecule has 3 amide bonds. The molecule has 0 aliphatic carbocycles. The van der Waals surface area contributed by atoms with Gasteiger partial charge in [-0.15, -0.1) is 0 Å². The highest BCUT2D eigenvalue weighted by molar-refractivity contribution is 5.78. The number of benzene rings is 1. The summed E-state index contributed by atoms with van der Waals surface area (Å²) in [6.45, 7) is 0.631. The second-order valence-electron chi connectivity index (χ2n) is 3.63. The molecule has 1 aromatic rings. The summed E-state index contributed by atoms with van der Waals surface area (Å²) in [6.07, 6.45) is 0.238. The molecule has 1 aromatic carbocycles. The Morgan fingerprint density at radius 1 is 1.17 bits per heavy atom. The van der Waals surface area contributed by atoms with Crippen molar-refractivity contribution in [3.8, 4) is 6.07 Å². The Morgan fingerprint density at radius 3 is 2.33 bits per heavy atom. The van der Waals surface area contributed by atoms with Crippen molar-refractivity contribution in [2.45, 2.75) is 6.42 Å². The van der Waals surface area contributed by atoms with Crippen molar-refractivity contribution in [2.24, 2.45) is 5.73 Å². The fourth-order valence-corrected chi connectivity index (χ4v) is 1.33. The molecular weight excluding hydrogens is 232 g/mol. The molecular formula is C12H14N4O2. The Kier molecular flexibility index (Phi) is 5.19. The third-order valence-corrected chi connectivity index (χ3v) is 2.19. The molecule has 0 aromatic heterocycles. The quantitative estimate of drug-likeness (QED) is 0.630. The largest absolute Gasteiger partial charge is 0.354 e. The highest BCUT2D eigenvalue weighted by atomic mass is 16.2. The first-order chi connectivity index (χ1) is 8.61. The van der Waals surface area contributed by atoms with Crippen LogP contribution in [0.4, 0.5) is 4.79 Å². The zero-order valence-electron chi connectivity index (χ0n) is 9.77. The van der Waals surface area contributed by atoms with Gasteiger partial charge >= 0.3 is 6.03 Å². The van der Waals surface area contributed by atoms with Crippen LogP contribution < -0.4 is 16.4 Å². The van der Waals surface area contributed by atoms with E-state index in [9.17, 15) is 9.59 Å². The lowest BCUT2D eigenvalue weighted by atomic mass is 10.1. The molecule has 0 fully saturated rings. The highest BCUT2D eigenvalue weighted by Gasteiger charge is 2.02. The van der Waals surface area contributed by atoms with Gasteiger partial charge in [-0.2, -0.15) is 5.26 Å². The van der Waals surface area contributed by atoms with Gasteiger partial charge in [-0.25, -0.2) is 4.79 Å². The molecule has 1 rings (SSSR count). The van der Waals surface area contributed by atoms with E-state index in [-0.39, 0.29) is 12.3 Å². The molecule has 0 saturated carbocycles. The number of carbonyl (C=O) groups excluding carboxylic acids is 2. The van der Waals surface area contributed by atoms with Crippen molar-refractivity contribution in [1.29, 1.82) is 5.26 Å². The first-order valence-corrected chi connectivity index (χ1v) is 5.41. The maximum Gasteiger partial charge on any atom is 0.312 e. The second-order valence-corrected chi connectivity index (χ2v) is 3.63. The molecule has 94 valence electrons. The third kappa shape index (κ3) is 4.99. The minimum Gasteiger partial charge on any atom is -0.354 e. The molecule has 0 bridgehead atoms. The van der Waals surface area contributed by atoms with Gasteiger partial charge in [-0.3, -0.25) is 4.79 Å². The summed E-state index contributed by atoms with van der Waals surface area (Å²) in [4.78, 5) is 21.9. The van der Waals surface area contributed by atoms with E-state index in [2.05, 4.69) is 10.6 Å². The van der Waals surface area contributed by atoms with Gasteiger partial charge in [0, 0.05) is 13.1 Å². The number of nitrogens with two attached hydrogens (primary N) is 1. The van der Waals surface area contributed by atoms with Gasteiger partial charge in [0.05, 0.1) is 18.1 Å². The van der Waals surface area contributed by atoms with E-state index < -0.39 is 6.03 Å². The predicted molar refractivity (Wildman–Crippen MR) is 65.5 cm³/mol. The second kappa shape index (κ2) is 6.91. The molecule has 0 aliphatic rings. The first-order valence-electron chi connectivity index (χ1n) is 5.41. The summed E-state index contributed by atoms with van der Waals surface area (Å²) in [5.74, 6) is -0.147. The summed E-state index contributed by atoms with van der Waals surface area (Å²) in [5, 5.41) is 13.6. The van der Waals surface area contributed by atoms with E-state index >= 15 is 0 Å². The van der Waals surface area contributed by atoms with Crippen LogP contribution in [0.25, 0.3) is 0 Å². The first kappa shape index (κ1) is 13.5. The molecule has 0 aliphatic heterocycles. The Bertz CT molecular complexity index is 462. The van der Waals surface area contributed by atoms with Crippen molar-refractivity contribution in [2.75, 3.05) is 13.1 Å². The average molecular weight is 246 g/mol. The van der Waals surface area contributed by atoms with Crippen LogP contribution in [0.2, 0.25) is 0 Å². The van der Waals surface area contributed by atoms with E-state index in [1.165, 1.54) is 0 Å². The summed E-state index contributed by atoms with van der Waals surface area (Å²) in [5.41, 5.74) is 6.26. The Balaban J connectivity index is 2.31. The molecule has 6 nitrogen and oxygen atoms in total. The summed E-state index contributed by atoms with van der Waals surface area (Å²) in [6, 6.07) is 8.19. The molecule has 4 N–H and O–H groups in total. The summed E-state index contributed by atoms with van der Waals surface area (Å²) in [7, 11) is 0. The van der Waals surface area contributed by atoms with E-state index in [0.29, 0.717) is 18.7 Å². The topological polar surface area (TPSA) is 108 Å². The van der Waals surface area contributed by atoms with Crippen molar-refractivity contribution >= 4 is 11.9 Å². The predicted octanol–water partition coefficient (Wildman–Crippen LogP) is -0.115. The normalized spacial score (nSPS) is 9.28. The van der Waals surface area contributed by atoms with E-state index in [0.717, 1.165) is 5.56 Å². The van der Waals surface area contributed by atoms with Crippen LogP contribution in [-0.4, -0.2) is 25.0 Å². The van der Waals surface area contributed by atoms with Gasteiger partial charge in [-0.1, -0.05) is 12.1 Å². The van der Waals surface area contributed by atoms with Crippen molar-refractivity contribution in [3.05, 3.63) is 35.4 Å². The molecule has 6 heteroatoms. The monoisotopic (exact) mass is 246 g/mol. The van der Waals surface area contributed by atoms with Gasteiger partial charge in [-0.05, 0) is 17.7 Å². The fraction of sp³-hybridized carbons (Fsp3) is 0.250. The Morgan fingerprint density at radius 2 is 1.78 bits per heavy atom. The SMILES string of the molecule is N#Cc1ccc(CC(=O)NCCNC(N)=O)cc1. The molecule has 0 unspecified atom stereocenters. The van der Waals surface area contributed by atoms with Gasteiger partial charge < -0.3 is 16.4 Å². The van der Waals surface area contributed by atoms with Crippen LogP contribution >= 0.6 is 0 Å². The summed E-state index contributed by atoms with van der Waals surface area (Å²) < 4.78 is 0. The van der Waals surface area contributed by atoms with E-state index in [1.807, 2.05) is 6.07 Å². The van der Waals surface area contributed by atoms with Gasteiger partial charge in [0.25, 0.3) is 0 Å². The number of urea groups is 1. The third-order valence-electron chi connectivity index (χ3n) is 2.19. The Labute approximate surface area is 105 Å². The Hall–Kier alpha value is -2.55. The number of nitriles is 1. The maximum atomic E-state index is 11.5. The number of hydrogen-bond donors (Lipinski definition) is 3. The number of carbonyl (C=O) groups is 2. The lowest BCUT2D eigenvalue weighted by Gasteiger charge is -2.05. The standard InChI is InChI=1S/C12H14N4O2/c13-8-10-3-1-9(2-4-10)7-11(17)15-5-6-16-12(14)18/h1-4H,5-7H2,(H,15,17)(H3,14,16,18). The van der Waals surface area contributed by atoms with Gasteiger partial charge in [0.1, 0.15) is 0 Å². The molecule has 0 heterocycles. The number of rotatable bonds is 5. The highest BCUT2D eigenvalue weighted by Crippen LogP contribution is 2.03. The van der Waals surface area contributed by atoms with Crippen molar-refractivity contribution < 1.29 is 9.59 Å². The van der Waals surface area contributed by atoms with E-state index in [4.69, 9.17) is 11.0 Å². The lowest BCUT2D eigenvalue weighted by Crippen LogP contribution is -2.37. The van der Waals surface area contributed by atoms with Crippen LogP contribution in [0.3, 0.4) is 0 Å². The molecule has 18 heavy (non-hydrogen) atoms. The molecule has 0 saturated heterocycles. The van der Waals surface area contributed by atoms with Crippen LogP contribution in [0, 0.1) is 11.3 Å². The average Bonchev–Trinajstić information content (AvgIpc) is 2.35. The van der Waals surface area contributed by atoms with Crippen LogP contribution in [0.1, 0.15) is 11.1 Å². The van der Waals surface area contributed by atoms with Crippen molar-refractivity contribution in [1.82, 2.24) is 10.6 Å². The zero-order chi connectivity index (χ0) is 13.4. The molecule has 0 radical (unpaired) electrons. The summed E-state index contributed by atoms with van der Waals surface area (Å²) >= 11 is 0. The maximum absolute atomic E-state index is 11.5. The smallest absolute Gasteiger partial charge is 0.312 e. The minimum absolute atomic E-state index is 0.147. The van der Waals surface area contributed by atoms with E-state index in [1.54, 1.807) is 24.3 Å². The van der Waals surface area contributed by atoms with Crippen LogP contribution in [0.5, 0.6) is 0 Å². The lowest BCUT2D eigenvalue weighted by molar-refractivity contribution is -0.120. The molecule has 0 spiro atoms. The fourth-order valence-electron chi connectivity index (χ4n) is 1.33. The zero-order valence-corrected chi connectivity index (χ0v) is 9.77. The molecule has 0 atom stereocenters.